The Hall–Kier alpha value is -0.380. The van der Waals surface area contributed by atoms with Crippen molar-refractivity contribution in [3.63, 3.8) is 0 Å². The molecule has 2 N–H and O–H groups in total. The fourth-order valence-corrected chi connectivity index (χ4v) is 2.85. The largest absolute Gasteiger partial charge is 0.326 e. The van der Waals surface area contributed by atoms with Crippen molar-refractivity contribution in [3.8, 4) is 0 Å². The van der Waals surface area contributed by atoms with Crippen LogP contribution in [0.2, 0.25) is 0 Å². The topological polar surface area (TPSA) is 26.0 Å². The van der Waals surface area contributed by atoms with E-state index in [2.05, 4.69) is 34.1 Å². The summed E-state index contributed by atoms with van der Waals surface area (Å²) in [6, 6.07) is 8.36. The van der Waals surface area contributed by atoms with E-state index in [1.54, 1.807) is 11.3 Å². The van der Waals surface area contributed by atoms with Gasteiger partial charge in [-0.2, -0.15) is 0 Å². The van der Waals surface area contributed by atoms with E-state index in [1.807, 2.05) is 6.07 Å². The number of rotatable bonds is 1. The van der Waals surface area contributed by atoms with Crippen molar-refractivity contribution in [2.75, 3.05) is 0 Å². The molecule has 0 amide bonds. The molecule has 0 radical (unpaired) electrons. The summed E-state index contributed by atoms with van der Waals surface area (Å²) in [4.78, 5) is 0. The van der Waals surface area contributed by atoms with Crippen LogP contribution in [0.5, 0.6) is 0 Å². The molecule has 2 rings (SSSR count). The molecule has 1 heterocycles. The van der Waals surface area contributed by atoms with Crippen molar-refractivity contribution in [1.29, 1.82) is 0 Å². The monoisotopic (exact) mass is 241 g/mol. The summed E-state index contributed by atoms with van der Waals surface area (Å²) in [5, 5.41) is 1.27. The van der Waals surface area contributed by atoms with Gasteiger partial charge in [0.05, 0.1) is 3.79 Å². The van der Waals surface area contributed by atoms with E-state index in [9.17, 15) is 0 Å². The minimum absolute atomic E-state index is 0.612. The van der Waals surface area contributed by atoms with E-state index in [0.717, 1.165) is 0 Å². The molecular weight excluding hydrogens is 234 g/mol. The molecule has 0 aliphatic heterocycles. The smallest absolute Gasteiger partial charge is 0.0711 e. The highest BCUT2D eigenvalue weighted by molar-refractivity contribution is 9.11. The zero-order chi connectivity index (χ0) is 8.55. The molecule has 0 spiro atoms. The van der Waals surface area contributed by atoms with Crippen molar-refractivity contribution < 1.29 is 0 Å². The molecule has 0 unspecified atom stereocenters. The molecule has 0 aliphatic rings. The van der Waals surface area contributed by atoms with Crippen LogP contribution in [0.15, 0.2) is 28.1 Å². The van der Waals surface area contributed by atoms with Gasteiger partial charge in [-0.1, -0.05) is 12.1 Å². The first kappa shape index (κ1) is 8.23. The molecule has 1 aromatic heterocycles. The molecule has 0 saturated heterocycles. The van der Waals surface area contributed by atoms with Crippen LogP contribution in [-0.2, 0) is 6.54 Å². The van der Waals surface area contributed by atoms with E-state index in [0.29, 0.717) is 6.54 Å². The standard InChI is InChI=1S/C9H8BrNS/c10-9-4-7-6(5-11)2-1-3-8(7)12-9/h1-4H,5,11H2. The Morgan fingerprint density at radius 2 is 2.25 bits per heavy atom. The maximum Gasteiger partial charge on any atom is 0.0711 e. The maximum atomic E-state index is 5.61. The van der Waals surface area contributed by atoms with Crippen LogP contribution in [0.3, 0.4) is 0 Å². The summed E-state index contributed by atoms with van der Waals surface area (Å²) in [6.07, 6.45) is 0. The number of nitrogens with two attached hydrogens (primary N) is 1. The first-order valence-electron chi connectivity index (χ1n) is 3.68. The lowest BCUT2D eigenvalue weighted by Crippen LogP contribution is -1.95. The Morgan fingerprint density at radius 3 is 3.00 bits per heavy atom. The quantitative estimate of drug-likeness (QED) is 0.816. The Balaban J connectivity index is 2.78. The van der Waals surface area contributed by atoms with Crippen molar-refractivity contribution in [1.82, 2.24) is 0 Å². The van der Waals surface area contributed by atoms with Gasteiger partial charge in [-0.05, 0) is 39.0 Å². The summed E-state index contributed by atoms with van der Waals surface area (Å²) in [6.45, 7) is 0.612. The Kier molecular flexibility index (Phi) is 2.17. The van der Waals surface area contributed by atoms with E-state index in [-0.39, 0.29) is 0 Å². The lowest BCUT2D eigenvalue weighted by atomic mass is 10.1. The van der Waals surface area contributed by atoms with Crippen LogP contribution in [0.1, 0.15) is 5.56 Å². The molecule has 3 heteroatoms. The minimum Gasteiger partial charge on any atom is -0.326 e. The number of fused-ring (bicyclic) bond motifs is 1. The lowest BCUT2D eigenvalue weighted by molar-refractivity contribution is 1.09. The van der Waals surface area contributed by atoms with E-state index in [4.69, 9.17) is 5.73 Å². The third-order valence-electron chi connectivity index (χ3n) is 1.84. The van der Waals surface area contributed by atoms with Gasteiger partial charge in [-0.3, -0.25) is 0 Å². The first-order valence-corrected chi connectivity index (χ1v) is 5.29. The second-order valence-electron chi connectivity index (χ2n) is 2.58. The Bertz CT molecular complexity index is 408. The summed E-state index contributed by atoms with van der Waals surface area (Å²) >= 11 is 5.21. The summed E-state index contributed by atoms with van der Waals surface area (Å²) in [7, 11) is 0. The molecule has 0 saturated carbocycles. The maximum absolute atomic E-state index is 5.61. The fraction of sp³-hybridized carbons (Fsp3) is 0.111. The third-order valence-corrected chi connectivity index (χ3v) is 3.44. The summed E-state index contributed by atoms with van der Waals surface area (Å²) in [5.41, 5.74) is 6.83. The predicted octanol–water partition coefficient (Wildman–Crippen LogP) is 3.12. The fourth-order valence-electron chi connectivity index (χ4n) is 1.27. The van der Waals surface area contributed by atoms with Gasteiger partial charge in [-0.15, -0.1) is 11.3 Å². The molecule has 1 aromatic carbocycles. The third kappa shape index (κ3) is 1.28. The van der Waals surface area contributed by atoms with Gasteiger partial charge in [0.25, 0.3) is 0 Å². The second-order valence-corrected chi connectivity index (χ2v) is 5.05. The lowest BCUT2D eigenvalue weighted by Gasteiger charge is -1.96. The normalized spacial score (nSPS) is 10.8. The molecule has 1 nitrogen and oxygen atoms in total. The highest BCUT2D eigenvalue weighted by atomic mass is 79.9. The zero-order valence-electron chi connectivity index (χ0n) is 6.38. The van der Waals surface area contributed by atoms with Gasteiger partial charge in [0, 0.05) is 11.2 Å². The number of benzene rings is 1. The van der Waals surface area contributed by atoms with Gasteiger partial charge in [0.1, 0.15) is 0 Å². The molecule has 12 heavy (non-hydrogen) atoms. The van der Waals surface area contributed by atoms with Gasteiger partial charge in [0.15, 0.2) is 0 Å². The SMILES string of the molecule is NCc1cccc2sc(Br)cc12. The molecule has 2 aromatic rings. The second kappa shape index (κ2) is 3.17. The summed E-state index contributed by atoms with van der Waals surface area (Å²) in [5.74, 6) is 0. The van der Waals surface area contributed by atoms with Crippen molar-refractivity contribution >= 4 is 37.4 Å². The summed E-state index contributed by atoms with van der Waals surface area (Å²) < 4.78 is 2.46. The van der Waals surface area contributed by atoms with Crippen LogP contribution in [0, 0.1) is 0 Å². The minimum atomic E-state index is 0.612. The van der Waals surface area contributed by atoms with Crippen LogP contribution in [-0.4, -0.2) is 0 Å². The molecule has 0 aliphatic carbocycles. The van der Waals surface area contributed by atoms with Crippen LogP contribution in [0.4, 0.5) is 0 Å². The number of thiophene rings is 1. The van der Waals surface area contributed by atoms with Gasteiger partial charge >= 0.3 is 0 Å². The van der Waals surface area contributed by atoms with Crippen LogP contribution in [0.25, 0.3) is 10.1 Å². The van der Waals surface area contributed by atoms with Gasteiger partial charge < -0.3 is 5.73 Å². The van der Waals surface area contributed by atoms with Crippen molar-refractivity contribution in [2.24, 2.45) is 5.73 Å². The number of hydrogen-bond acceptors (Lipinski definition) is 2. The van der Waals surface area contributed by atoms with E-state index >= 15 is 0 Å². The van der Waals surface area contributed by atoms with Gasteiger partial charge in [0.2, 0.25) is 0 Å². The average Bonchev–Trinajstić information content (AvgIpc) is 2.44. The Labute approximate surface area is 83.3 Å². The zero-order valence-corrected chi connectivity index (χ0v) is 8.78. The van der Waals surface area contributed by atoms with Crippen molar-refractivity contribution in [3.05, 3.63) is 33.6 Å². The first-order chi connectivity index (χ1) is 5.81. The van der Waals surface area contributed by atoms with Crippen LogP contribution >= 0.6 is 27.3 Å². The molecular formula is C9H8BrNS. The number of hydrogen-bond donors (Lipinski definition) is 1. The molecule has 0 atom stereocenters. The highest BCUT2D eigenvalue weighted by Gasteiger charge is 2.02. The average molecular weight is 242 g/mol. The molecule has 62 valence electrons. The van der Waals surface area contributed by atoms with Crippen molar-refractivity contribution in [2.45, 2.75) is 6.54 Å². The Morgan fingerprint density at radius 1 is 1.42 bits per heavy atom. The molecule has 0 fully saturated rings. The predicted molar refractivity (Wildman–Crippen MR) is 57.4 cm³/mol. The molecule has 0 bridgehead atoms. The van der Waals surface area contributed by atoms with Crippen LogP contribution < -0.4 is 5.73 Å². The van der Waals surface area contributed by atoms with E-state index < -0.39 is 0 Å². The van der Waals surface area contributed by atoms with Gasteiger partial charge in [-0.25, -0.2) is 0 Å². The number of halogens is 1. The highest BCUT2D eigenvalue weighted by Crippen LogP contribution is 2.31. The van der Waals surface area contributed by atoms with E-state index in [1.165, 1.54) is 19.4 Å².